The van der Waals surface area contributed by atoms with Crippen molar-refractivity contribution in [3.05, 3.63) is 34.1 Å². The average molecular weight is 523 g/mol. The molecule has 37 heavy (non-hydrogen) atoms. The number of benzene rings is 1. The van der Waals surface area contributed by atoms with Crippen LogP contribution in [0.4, 0.5) is 11.5 Å². The lowest BCUT2D eigenvalue weighted by Gasteiger charge is -2.37. The van der Waals surface area contributed by atoms with Crippen LogP contribution in [0.25, 0.3) is 10.9 Å². The number of nitrogens with zero attached hydrogens (tertiary/aromatic N) is 6. The highest BCUT2D eigenvalue weighted by Gasteiger charge is 2.36. The molecule has 2 N–H and O–H groups in total. The number of fused-ring (bicyclic) bond motifs is 4. The Morgan fingerprint density at radius 2 is 1.95 bits per heavy atom. The molecule has 0 spiro atoms. The number of halogens is 1. The summed E-state index contributed by atoms with van der Waals surface area (Å²) in [5.41, 5.74) is 5.39. The molecular weight excluding hydrogens is 488 g/mol. The highest BCUT2D eigenvalue weighted by atomic mass is 35.5. The molecule has 7 rings (SSSR count). The van der Waals surface area contributed by atoms with E-state index in [0.717, 1.165) is 77.7 Å². The molecule has 10 heteroatoms. The van der Waals surface area contributed by atoms with Gasteiger partial charge in [0.15, 0.2) is 0 Å². The number of aryl methyl sites for hydroxylation is 1. The van der Waals surface area contributed by atoms with Crippen LogP contribution in [0.5, 0.6) is 6.01 Å². The van der Waals surface area contributed by atoms with Gasteiger partial charge in [0.2, 0.25) is 0 Å². The minimum absolute atomic E-state index is 0.426. The van der Waals surface area contributed by atoms with Gasteiger partial charge in [-0.25, -0.2) is 0 Å². The number of aromatic nitrogens is 4. The molecule has 6 heterocycles. The van der Waals surface area contributed by atoms with Gasteiger partial charge in [-0.15, -0.1) is 0 Å². The van der Waals surface area contributed by atoms with Crippen LogP contribution in [0.15, 0.2) is 12.3 Å². The second-order valence-corrected chi connectivity index (χ2v) is 11.6. The van der Waals surface area contributed by atoms with Crippen molar-refractivity contribution in [2.75, 3.05) is 49.6 Å². The van der Waals surface area contributed by atoms with Gasteiger partial charge in [0.05, 0.1) is 34.7 Å². The number of nitrogens with one attached hydrogen (secondary N) is 2. The summed E-state index contributed by atoms with van der Waals surface area (Å²) in [6, 6.07) is 4.08. The summed E-state index contributed by atoms with van der Waals surface area (Å²) in [7, 11) is 2.18. The Labute approximate surface area is 222 Å². The van der Waals surface area contributed by atoms with E-state index in [1.807, 2.05) is 6.20 Å². The summed E-state index contributed by atoms with van der Waals surface area (Å²) < 4.78 is 6.30. The summed E-state index contributed by atoms with van der Waals surface area (Å²) in [5, 5.41) is 13.0. The van der Waals surface area contributed by atoms with Gasteiger partial charge >= 0.3 is 6.01 Å². The molecule has 2 unspecified atom stereocenters. The zero-order chi connectivity index (χ0) is 25.1. The third-order valence-electron chi connectivity index (χ3n) is 8.77. The number of H-pyrrole nitrogens is 1. The molecule has 0 radical (unpaired) electrons. The number of ether oxygens (including phenoxy) is 1. The number of hydrogen-bond acceptors (Lipinski definition) is 8. The molecule has 0 amide bonds. The van der Waals surface area contributed by atoms with Crippen molar-refractivity contribution in [1.29, 1.82) is 0 Å². The normalized spacial score (nSPS) is 25.8. The number of piperazine rings is 1. The standard InChI is InChI=1S/C27H35ClN8O/c1-16-10-22-21(11-29-33-22)25(24(16)28)35-9-7-20-23(14-35)31-27(37-15-19-4-3-8-34(19)2)32-26(20)36-12-17-5-6-18(13-36)30-17/h10-11,17-19,30H,3-9,12-15H2,1-2H3,(H,29,33)/t17?,18?,19-/m0/s1. The van der Waals surface area contributed by atoms with Crippen molar-refractivity contribution >= 4 is 34.0 Å². The second-order valence-electron chi connectivity index (χ2n) is 11.2. The molecule has 2 bridgehead atoms. The molecule has 9 nitrogen and oxygen atoms in total. The van der Waals surface area contributed by atoms with E-state index >= 15 is 0 Å². The van der Waals surface area contributed by atoms with Crippen LogP contribution in [0, 0.1) is 6.92 Å². The molecule has 4 aliphatic heterocycles. The number of hydrogen-bond donors (Lipinski definition) is 2. The SMILES string of the molecule is Cc1cc2[nH]ncc2c(N2CCc3c(nc(OC[C@@H]4CCCN4C)nc3N3CC4CCC(C3)N4)C2)c1Cl. The Bertz CT molecular complexity index is 1320. The molecule has 1 aromatic carbocycles. The molecule has 3 atom stereocenters. The van der Waals surface area contributed by atoms with E-state index in [1.54, 1.807) is 0 Å². The first kappa shape index (κ1) is 23.5. The topological polar surface area (TPSA) is 85.4 Å². The van der Waals surface area contributed by atoms with Crippen LogP contribution in [0.1, 0.15) is 42.5 Å². The zero-order valence-corrected chi connectivity index (χ0v) is 22.4. The predicted molar refractivity (Wildman–Crippen MR) is 146 cm³/mol. The van der Waals surface area contributed by atoms with Crippen LogP contribution < -0.4 is 19.9 Å². The van der Waals surface area contributed by atoms with Gasteiger partial charge in [-0.1, -0.05) is 11.6 Å². The van der Waals surface area contributed by atoms with E-state index < -0.39 is 0 Å². The minimum atomic E-state index is 0.426. The van der Waals surface area contributed by atoms with Crippen molar-refractivity contribution < 1.29 is 4.74 Å². The van der Waals surface area contributed by atoms with Crippen LogP contribution >= 0.6 is 11.6 Å². The van der Waals surface area contributed by atoms with Crippen LogP contribution in [0.3, 0.4) is 0 Å². The maximum absolute atomic E-state index is 6.89. The fourth-order valence-electron chi connectivity index (χ4n) is 6.72. The highest BCUT2D eigenvalue weighted by molar-refractivity contribution is 6.35. The van der Waals surface area contributed by atoms with Gasteiger partial charge in [0.25, 0.3) is 0 Å². The largest absolute Gasteiger partial charge is 0.462 e. The zero-order valence-electron chi connectivity index (χ0n) is 21.6. The maximum Gasteiger partial charge on any atom is 0.318 e. The second kappa shape index (κ2) is 9.29. The van der Waals surface area contributed by atoms with Crippen molar-refractivity contribution in [3.8, 4) is 6.01 Å². The first-order chi connectivity index (χ1) is 18.0. The van der Waals surface area contributed by atoms with Crippen LogP contribution in [-0.2, 0) is 13.0 Å². The van der Waals surface area contributed by atoms with Crippen LogP contribution in [-0.4, -0.2) is 83.0 Å². The first-order valence-corrected chi connectivity index (χ1v) is 14.0. The van der Waals surface area contributed by atoms with Crippen molar-refractivity contribution in [2.24, 2.45) is 0 Å². The third-order valence-corrected chi connectivity index (χ3v) is 9.25. The van der Waals surface area contributed by atoms with E-state index in [1.165, 1.54) is 24.8 Å². The number of likely N-dealkylation sites (N-methyl/N-ethyl adjacent to an activating group) is 1. The fourth-order valence-corrected chi connectivity index (χ4v) is 7.00. The highest BCUT2D eigenvalue weighted by Crippen LogP contribution is 2.40. The Morgan fingerprint density at radius 1 is 1.11 bits per heavy atom. The van der Waals surface area contributed by atoms with E-state index in [0.29, 0.717) is 37.3 Å². The lowest BCUT2D eigenvalue weighted by molar-refractivity contribution is 0.187. The lowest BCUT2D eigenvalue weighted by Crippen LogP contribution is -2.52. The van der Waals surface area contributed by atoms with Gasteiger partial charge in [0.1, 0.15) is 12.4 Å². The molecule has 3 saturated heterocycles. The summed E-state index contributed by atoms with van der Waals surface area (Å²) in [4.78, 5) is 17.3. The third kappa shape index (κ3) is 4.21. The Morgan fingerprint density at radius 3 is 2.73 bits per heavy atom. The van der Waals surface area contributed by atoms with Crippen LogP contribution in [0.2, 0.25) is 5.02 Å². The molecule has 4 aliphatic rings. The monoisotopic (exact) mass is 522 g/mol. The molecule has 3 fully saturated rings. The molecule has 0 saturated carbocycles. The Kier molecular flexibility index (Phi) is 5.90. The number of aromatic amines is 1. The Balaban J connectivity index is 1.24. The number of rotatable bonds is 5. The quantitative estimate of drug-likeness (QED) is 0.528. The molecule has 3 aromatic rings. The van der Waals surface area contributed by atoms with E-state index in [-0.39, 0.29) is 0 Å². The van der Waals surface area contributed by atoms with Gasteiger partial charge in [-0.3, -0.25) is 5.10 Å². The minimum Gasteiger partial charge on any atom is -0.462 e. The van der Waals surface area contributed by atoms with Crippen molar-refractivity contribution in [3.63, 3.8) is 0 Å². The molecular formula is C27H35ClN8O. The number of likely N-dealkylation sites (tertiary alicyclic amines) is 1. The maximum atomic E-state index is 6.89. The molecule has 2 aromatic heterocycles. The number of anilines is 2. The fraction of sp³-hybridized carbons (Fsp3) is 0.593. The molecule has 196 valence electrons. The molecule has 0 aliphatic carbocycles. The van der Waals surface area contributed by atoms with Gasteiger partial charge < -0.3 is 24.8 Å². The van der Waals surface area contributed by atoms with Crippen molar-refractivity contribution in [1.82, 2.24) is 30.4 Å². The van der Waals surface area contributed by atoms with Gasteiger partial charge in [-0.05, 0) is 64.3 Å². The summed E-state index contributed by atoms with van der Waals surface area (Å²) >= 11 is 6.89. The summed E-state index contributed by atoms with van der Waals surface area (Å²) in [6.07, 6.45) is 7.62. The van der Waals surface area contributed by atoms with E-state index in [9.17, 15) is 0 Å². The van der Waals surface area contributed by atoms with Gasteiger partial charge in [0, 0.05) is 48.7 Å². The van der Waals surface area contributed by atoms with Crippen molar-refractivity contribution in [2.45, 2.75) is 63.7 Å². The smallest absolute Gasteiger partial charge is 0.318 e. The summed E-state index contributed by atoms with van der Waals surface area (Å²) in [5.74, 6) is 1.07. The summed E-state index contributed by atoms with van der Waals surface area (Å²) in [6.45, 7) is 7.33. The lowest BCUT2D eigenvalue weighted by atomic mass is 10.0. The van der Waals surface area contributed by atoms with Gasteiger partial charge in [-0.2, -0.15) is 15.1 Å². The average Bonchev–Trinajstić information content (AvgIpc) is 3.62. The first-order valence-electron chi connectivity index (χ1n) is 13.6. The van der Waals surface area contributed by atoms with E-state index in [4.69, 9.17) is 26.3 Å². The predicted octanol–water partition coefficient (Wildman–Crippen LogP) is 3.29. The Hall–Kier alpha value is -2.62. The van der Waals surface area contributed by atoms with E-state index in [2.05, 4.69) is 50.3 Å².